The summed E-state index contributed by atoms with van der Waals surface area (Å²) in [5.74, 6) is -0.337. The quantitative estimate of drug-likeness (QED) is 0.0414. The van der Waals surface area contributed by atoms with E-state index in [2.05, 4.69) is 55.6 Å². The maximum Gasteiger partial charge on any atom is 0.222 e. The van der Waals surface area contributed by atoms with Gasteiger partial charge in [0.15, 0.2) is 0 Å². The summed E-state index contributed by atoms with van der Waals surface area (Å²) in [4.78, 5) is 12.4. The summed E-state index contributed by atoms with van der Waals surface area (Å²) in [5.41, 5.74) is 0. The van der Waals surface area contributed by atoms with E-state index >= 15 is 0 Å². The molecular formula is C41H75NO4. The van der Waals surface area contributed by atoms with E-state index in [4.69, 9.17) is 0 Å². The molecule has 0 heterocycles. The molecule has 0 radical (unpaired) electrons. The Labute approximate surface area is 285 Å². The van der Waals surface area contributed by atoms with Crippen molar-refractivity contribution in [3.63, 3.8) is 0 Å². The van der Waals surface area contributed by atoms with Crippen LogP contribution in [0.3, 0.4) is 0 Å². The Bertz CT molecular complexity index is 760. The molecule has 0 aromatic heterocycles. The van der Waals surface area contributed by atoms with Crippen molar-refractivity contribution in [3.05, 3.63) is 48.6 Å². The largest absolute Gasteiger partial charge is 0.394 e. The topological polar surface area (TPSA) is 89.8 Å². The minimum absolute atomic E-state index is 0.00460. The number of aliphatic hydroxyl groups excluding tert-OH is 3. The molecule has 0 aromatic carbocycles. The molecule has 3 unspecified atom stereocenters. The first kappa shape index (κ1) is 44.3. The molecule has 0 spiro atoms. The molecule has 0 bridgehead atoms. The Morgan fingerprint density at radius 1 is 0.543 bits per heavy atom. The molecule has 3 atom stereocenters. The summed E-state index contributed by atoms with van der Waals surface area (Å²) in [7, 11) is 0. The van der Waals surface area contributed by atoms with Crippen molar-refractivity contribution in [1.29, 1.82) is 0 Å². The molecule has 0 aliphatic heterocycles. The molecule has 0 saturated heterocycles. The van der Waals surface area contributed by atoms with Gasteiger partial charge in [0, 0.05) is 0 Å². The number of rotatable bonds is 34. The number of unbranched alkanes of at least 4 members (excludes halogenated alkanes) is 19. The highest BCUT2D eigenvalue weighted by Crippen LogP contribution is 2.12. The lowest BCUT2D eigenvalue weighted by Crippen LogP contribution is -2.45. The Balaban J connectivity index is 3.82. The van der Waals surface area contributed by atoms with E-state index < -0.39 is 18.2 Å². The van der Waals surface area contributed by atoms with Crippen LogP contribution in [0.25, 0.3) is 0 Å². The summed E-state index contributed by atoms with van der Waals surface area (Å²) < 4.78 is 0. The van der Waals surface area contributed by atoms with Crippen molar-refractivity contribution in [3.8, 4) is 0 Å². The van der Waals surface area contributed by atoms with Gasteiger partial charge >= 0.3 is 0 Å². The van der Waals surface area contributed by atoms with Crippen LogP contribution in [0.15, 0.2) is 48.6 Å². The zero-order valence-electron chi connectivity index (χ0n) is 30.2. The highest BCUT2D eigenvalue weighted by atomic mass is 16.3. The lowest BCUT2D eigenvalue weighted by molar-refractivity contribution is -0.124. The average molecular weight is 646 g/mol. The second-order valence-corrected chi connectivity index (χ2v) is 13.2. The predicted molar refractivity (Wildman–Crippen MR) is 199 cm³/mol. The standard InChI is InChI=1S/C41H75NO4/c1-3-5-7-9-11-13-15-17-19-21-23-25-27-29-31-33-35-40(45)39(37-43)42-41(46)36-38(44)34-32-30-28-26-24-22-20-18-16-14-12-10-8-6-4-2/h17-20,25,27,33,35,38-40,43-45H,3-16,21-24,26,28-32,34,36-37H2,1-2H3,(H,42,46)/b19-17+,20-18-,27-25+,35-33+. The van der Waals surface area contributed by atoms with Gasteiger partial charge in [-0.05, 0) is 70.6 Å². The lowest BCUT2D eigenvalue weighted by Gasteiger charge is -2.20. The highest BCUT2D eigenvalue weighted by Gasteiger charge is 2.20. The van der Waals surface area contributed by atoms with Crippen molar-refractivity contribution in [2.24, 2.45) is 0 Å². The van der Waals surface area contributed by atoms with Gasteiger partial charge in [-0.15, -0.1) is 0 Å². The molecule has 0 rings (SSSR count). The fraction of sp³-hybridized carbons (Fsp3) is 0.780. The fourth-order valence-corrected chi connectivity index (χ4v) is 5.54. The van der Waals surface area contributed by atoms with Gasteiger partial charge in [0.1, 0.15) is 0 Å². The number of carbonyl (C=O) groups is 1. The van der Waals surface area contributed by atoms with Gasteiger partial charge in [0.05, 0.1) is 31.3 Å². The number of hydrogen-bond acceptors (Lipinski definition) is 4. The smallest absolute Gasteiger partial charge is 0.222 e. The van der Waals surface area contributed by atoms with Gasteiger partial charge in [-0.3, -0.25) is 4.79 Å². The summed E-state index contributed by atoms with van der Waals surface area (Å²) in [6.07, 6.45) is 45.2. The first-order chi connectivity index (χ1) is 22.5. The van der Waals surface area contributed by atoms with Crippen LogP contribution in [-0.2, 0) is 4.79 Å². The van der Waals surface area contributed by atoms with E-state index in [0.717, 1.165) is 51.4 Å². The molecule has 4 N–H and O–H groups in total. The van der Waals surface area contributed by atoms with E-state index in [-0.39, 0.29) is 18.9 Å². The maximum absolute atomic E-state index is 12.4. The Morgan fingerprint density at radius 3 is 1.39 bits per heavy atom. The molecule has 0 aliphatic rings. The molecule has 5 heteroatoms. The number of hydrogen-bond donors (Lipinski definition) is 4. The third-order valence-electron chi connectivity index (χ3n) is 8.57. The predicted octanol–water partition coefficient (Wildman–Crippen LogP) is 10.6. The van der Waals surface area contributed by atoms with Gasteiger partial charge in [-0.2, -0.15) is 0 Å². The van der Waals surface area contributed by atoms with Crippen LogP contribution in [-0.4, -0.2) is 46.1 Å². The van der Waals surface area contributed by atoms with Crippen LogP contribution < -0.4 is 5.32 Å². The molecule has 46 heavy (non-hydrogen) atoms. The van der Waals surface area contributed by atoms with Gasteiger partial charge in [-0.25, -0.2) is 0 Å². The van der Waals surface area contributed by atoms with Crippen LogP contribution in [0.5, 0.6) is 0 Å². The van der Waals surface area contributed by atoms with Crippen LogP contribution in [0.4, 0.5) is 0 Å². The van der Waals surface area contributed by atoms with Gasteiger partial charge in [-0.1, -0.05) is 152 Å². The number of carbonyl (C=O) groups excluding carboxylic acids is 1. The lowest BCUT2D eigenvalue weighted by atomic mass is 10.0. The summed E-state index contributed by atoms with van der Waals surface area (Å²) in [6.45, 7) is 4.16. The molecule has 5 nitrogen and oxygen atoms in total. The molecule has 0 aliphatic carbocycles. The average Bonchev–Trinajstić information content (AvgIpc) is 3.05. The highest BCUT2D eigenvalue weighted by molar-refractivity contribution is 5.76. The minimum Gasteiger partial charge on any atom is -0.394 e. The first-order valence-electron chi connectivity index (χ1n) is 19.4. The zero-order chi connectivity index (χ0) is 33.8. The monoisotopic (exact) mass is 646 g/mol. The maximum atomic E-state index is 12.4. The van der Waals surface area contributed by atoms with Gasteiger partial charge in [0.25, 0.3) is 0 Å². The molecule has 268 valence electrons. The summed E-state index contributed by atoms with van der Waals surface area (Å²) in [6, 6.07) is -0.769. The van der Waals surface area contributed by atoms with E-state index in [1.165, 1.54) is 103 Å². The van der Waals surface area contributed by atoms with Crippen LogP contribution in [0.2, 0.25) is 0 Å². The number of allylic oxidation sites excluding steroid dienone is 7. The van der Waals surface area contributed by atoms with Crippen LogP contribution in [0.1, 0.15) is 181 Å². The third-order valence-corrected chi connectivity index (χ3v) is 8.57. The molecule has 0 aromatic rings. The Kier molecular flexibility index (Phi) is 34.8. The Morgan fingerprint density at radius 2 is 0.935 bits per heavy atom. The van der Waals surface area contributed by atoms with Gasteiger partial charge < -0.3 is 20.6 Å². The minimum atomic E-state index is -0.961. The van der Waals surface area contributed by atoms with Crippen molar-refractivity contribution < 1.29 is 20.1 Å². The van der Waals surface area contributed by atoms with E-state index in [1.54, 1.807) is 6.08 Å². The van der Waals surface area contributed by atoms with E-state index in [9.17, 15) is 20.1 Å². The van der Waals surface area contributed by atoms with Crippen molar-refractivity contribution >= 4 is 5.91 Å². The Hall–Kier alpha value is -1.69. The van der Waals surface area contributed by atoms with Gasteiger partial charge in [0.2, 0.25) is 5.91 Å². The van der Waals surface area contributed by atoms with Crippen LogP contribution in [0, 0.1) is 0 Å². The first-order valence-corrected chi connectivity index (χ1v) is 19.4. The fourth-order valence-electron chi connectivity index (χ4n) is 5.54. The second kappa shape index (κ2) is 36.2. The van der Waals surface area contributed by atoms with E-state index in [1.807, 2.05) is 6.08 Å². The van der Waals surface area contributed by atoms with Crippen LogP contribution >= 0.6 is 0 Å². The molecule has 0 fully saturated rings. The molecule has 1 amide bonds. The summed E-state index contributed by atoms with van der Waals surface area (Å²) >= 11 is 0. The third kappa shape index (κ3) is 32.3. The van der Waals surface area contributed by atoms with Crippen molar-refractivity contribution in [2.45, 2.75) is 199 Å². The van der Waals surface area contributed by atoms with E-state index in [0.29, 0.717) is 6.42 Å². The molecular weight excluding hydrogens is 570 g/mol. The zero-order valence-corrected chi connectivity index (χ0v) is 30.2. The number of aliphatic hydroxyl groups is 3. The molecule has 0 saturated carbocycles. The number of nitrogens with one attached hydrogen (secondary N) is 1. The normalized spacial score (nSPS) is 14.3. The number of amides is 1. The van der Waals surface area contributed by atoms with Crippen molar-refractivity contribution in [2.75, 3.05) is 6.61 Å². The second-order valence-electron chi connectivity index (χ2n) is 13.2. The van der Waals surface area contributed by atoms with Crippen molar-refractivity contribution in [1.82, 2.24) is 5.32 Å². The SMILES string of the molecule is CCCCCCCC/C=C\CCCCCCCC(O)CC(=O)NC(CO)C(O)/C=C/CC/C=C/CC/C=C/CCCCCCCC. The summed E-state index contributed by atoms with van der Waals surface area (Å²) in [5, 5.41) is 33.0.